The third kappa shape index (κ3) is 5.23. The van der Waals surface area contributed by atoms with Crippen LogP contribution in [0.5, 0.6) is 0 Å². The average Bonchev–Trinajstić information content (AvgIpc) is 2.64. The Hall–Kier alpha value is -2.51. The van der Waals surface area contributed by atoms with Crippen LogP contribution in [-0.4, -0.2) is 60.4 Å². The molecule has 25 heavy (non-hydrogen) atoms. The van der Waals surface area contributed by atoms with Gasteiger partial charge >= 0.3 is 0 Å². The molecule has 1 amide bonds. The van der Waals surface area contributed by atoms with Crippen molar-refractivity contribution in [1.82, 2.24) is 15.1 Å². The van der Waals surface area contributed by atoms with Gasteiger partial charge in [0.2, 0.25) is 0 Å². The highest BCUT2D eigenvalue weighted by atomic mass is 16.5. The van der Waals surface area contributed by atoms with E-state index in [0.29, 0.717) is 17.2 Å². The van der Waals surface area contributed by atoms with Gasteiger partial charge in [-0.05, 0) is 31.2 Å². The number of ether oxygens (including phenoxy) is 1. The van der Waals surface area contributed by atoms with E-state index in [1.54, 1.807) is 12.1 Å². The number of anilines is 2. The molecule has 2 aromatic rings. The zero-order valence-electron chi connectivity index (χ0n) is 14.4. The molecular formula is C18H23N5O2. The summed E-state index contributed by atoms with van der Waals surface area (Å²) in [5, 5.41) is 14.2. The molecule has 1 fully saturated rings. The Morgan fingerprint density at radius 2 is 1.92 bits per heavy atom. The standard InChI is InChI=1S/C18H23N5O2/c1-14-3-2-4-15(13-14)18(24)20-17-6-5-16(21-22-17)19-7-8-23-9-11-25-12-10-23/h2-6,13H,7-12H2,1H3,(H,19,21)(H,20,22,24). The average molecular weight is 341 g/mol. The van der Waals surface area contributed by atoms with Gasteiger partial charge in [-0.25, -0.2) is 0 Å². The lowest BCUT2D eigenvalue weighted by atomic mass is 10.1. The zero-order valence-corrected chi connectivity index (χ0v) is 14.4. The fourth-order valence-electron chi connectivity index (χ4n) is 2.63. The van der Waals surface area contributed by atoms with Crippen molar-refractivity contribution in [3.63, 3.8) is 0 Å². The number of morpholine rings is 1. The molecule has 0 aliphatic carbocycles. The summed E-state index contributed by atoms with van der Waals surface area (Å²) in [6.07, 6.45) is 0. The lowest BCUT2D eigenvalue weighted by molar-refractivity contribution is 0.0398. The lowest BCUT2D eigenvalue weighted by Crippen LogP contribution is -2.39. The summed E-state index contributed by atoms with van der Waals surface area (Å²) in [6, 6.07) is 11.0. The van der Waals surface area contributed by atoms with Crippen molar-refractivity contribution >= 4 is 17.5 Å². The minimum absolute atomic E-state index is 0.189. The van der Waals surface area contributed by atoms with Gasteiger partial charge in [-0.15, -0.1) is 10.2 Å². The number of hydrogen-bond donors (Lipinski definition) is 2. The van der Waals surface area contributed by atoms with E-state index in [0.717, 1.165) is 45.0 Å². The summed E-state index contributed by atoms with van der Waals surface area (Å²) in [4.78, 5) is 14.5. The summed E-state index contributed by atoms with van der Waals surface area (Å²) in [5.74, 6) is 0.943. The second-order valence-corrected chi connectivity index (χ2v) is 6.01. The summed E-state index contributed by atoms with van der Waals surface area (Å²) in [7, 11) is 0. The molecule has 2 N–H and O–H groups in total. The summed E-state index contributed by atoms with van der Waals surface area (Å²) in [6.45, 7) is 7.23. The van der Waals surface area contributed by atoms with Gasteiger partial charge in [0.15, 0.2) is 5.82 Å². The van der Waals surface area contributed by atoms with Crippen LogP contribution in [0, 0.1) is 6.92 Å². The van der Waals surface area contributed by atoms with Gasteiger partial charge in [0, 0.05) is 31.7 Å². The van der Waals surface area contributed by atoms with Gasteiger partial charge in [0.1, 0.15) is 5.82 Å². The molecule has 0 unspecified atom stereocenters. The van der Waals surface area contributed by atoms with Crippen LogP contribution in [0.4, 0.5) is 11.6 Å². The van der Waals surface area contributed by atoms with Crippen molar-refractivity contribution in [2.45, 2.75) is 6.92 Å². The summed E-state index contributed by atoms with van der Waals surface area (Å²) in [5.41, 5.74) is 1.65. The number of carbonyl (C=O) groups excluding carboxylic acids is 1. The molecule has 0 saturated carbocycles. The van der Waals surface area contributed by atoms with Gasteiger partial charge in [0.25, 0.3) is 5.91 Å². The summed E-state index contributed by atoms with van der Waals surface area (Å²) >= 11 is 0. The fourth-order valence-corrected chi connectivity index (χ4v) is 2.63. The molecule has 0 radical (unpaired) electrons. The monoisotopic (exact) mass is 341 g/mol. The van der Waals surface area contributed by atoms with E-state index in [-0.39, 0.29) is 5.91 Å². The van der Waals surface area contributed by atoms with E-state index in [1.807, 2.05) is 31.2 Å². The molecule has 2 heterocycles. The van der Waals surface area contributed by atoms with Gasteiger partial charge in [-0.2, -0.15) is 0 Å². The van der Waals surface area contributed by atoms with Crippen molar-refractivity contribution in [1.29, 1.82) is 0 Å². The van der Waals surface area contributed by atoms with Crippen LogP contribution >= 0.6 is 0 Å². The second-order valence-electron chi connectivity index (χ2n) is 6.01. The zero-order chi connectivity index (χ0) is 17.5. The number of rotatable bonds is 6. The molecule has 1 aromatic heterocycles. The highest BCUT2D eigenvalue weighted by Crippen LogP contribution is 2.10. The Kier molecular flexibility index (Phi) is 5.92. The largest absolute Gasteiger partial charge is 0.379 e. The van der Waals surface area contributed by atoms with Crippen molar-refractivity contribution < 1.29 is 9.53 Å². The van der Waals surface area contributed by atoms with Crippen LogP contribution in [0.25, 0.3) is 0 Å². The van der Waals surface area contributed by atoms with E-state index >= 15 is 0 Å². The summed E-state index contributed by atoms with van der Waals surface area (Å²) < 4.78 is 5.33. The normalized spacial score (nSPS) is 14.9. The van der Waals surface area contributed by atoms with Crippen molar-refractivity contribution in [3.8, 4) is 0 Å². The topological polar surface area (TPSA) is 79.4 Å². The first-order valence-corrected chi connectivity index (χ1v) is 8.46. The third-order valence-electron chi connectivity index (χ3n) is 4.02. The number of nitrogens with zero attached hydrogens (tertiary/aromatic N) is 3. The highest BCUT2D eigenvalue weighted by molar-refractivity contribution is 6.03. The van der Waals surface area contributed by atoms with Crippen LogP contribution in [0.15, 0.2) is 36.4 Å². The smallest absolute Gasteiger partial charge is 0.256 e. The predicted octanol–water partition coefficient (Wildman–Crippen LogP) is 1.78. The number of aromatic nitrogens is 2. The fraction of sp³-hybridized carbons (Fsp3) is 0.389. The molecule has 3 rings (SSSR count). The quantitative estimate of drug-likeness (QED) is 0.834. The van der Waals surface area contributed by atoms with E-state index in [1.165, 1.54) is 0 Å². The minimum atomic E-state index is -0.189. The first-order chi connectivity index (χ1) is 12.2. The van der Waals surface area contributed by atoms with Crippen LogP contribution < -0.4 is 10.6 Å². The maximum Gasteiger partial charge on any atom is 0.256 e. The molecule has 1 aromatic carbocycles. The minimum Gasteiger partial charge on any atom is -0.379 e. The maximum atomic E-state index is 12.2. The van der Waals surface area contributed by atoms with Gasteiger partial charge in [-0.3, -0.25) is 9.69 Å². The Bertz CT molecular complexity index is 699. The molecule has 0 spiro atoms. The van der Waals surface area contributed by atoms with E-state index in [2.05, 4.69) is 25.7 Å². The Morgan fingerprint density at radius 3 is 2.64 bits per heavy atom. The first kappa shape index (κ1) is 17.3. The molecule has 0 atom stereocenters. The molecule has 7 nitrogen and oxygen atoms in total. The van der Waals surface area contributed by atoms with Crippen LogP contribution in [0.3, 0.4) is 0 Å². The number of benzene rings is 1. The molecule has 1 saturated heterocycles. The Labute approximate surface area is 147 Å². The van der Waals surface area contributed by atoms with Gasteiger partial charge in [-0.1, -0.05) is 17.7 Å². The Balaban J connectivity index is 1.47. The van der Waals surface area contributed by atoms with Crippen molar-refractivity contribution in [2.24, 2.45) is 0 Å². The van der Waals surface area contributed by atoms with Crippen LogP contribution in [-0.2, 0) is 4.74 Å². The molecule has 1 aliphatic heterocycles. The van der Waals surface area contributed by atoms with Crippen LogP contribution in [0.2, 0.25) is 0 Å². The SMILES string of the molecule is Cc1cccc(C(=O)Nc2ccc(NCCN3CCOCC3)nn2)c1. The highest BCUT2D eigenvalue weighted by Gasteiger charge is 2.10. The second kappa shape index (κ2) is 8.55. The van der Waals surface area contributed by atoms with Crippen LogP contribution in [0.1, 0.15) is 15.9 Å². The number of hydrogen-bond acceptors (Lipinski definition) is 6. The third-order valence-corrected chi connectivity index (χ3v) is 4.02. The molecule has 7 heteroatoms. The maximum absolute atomic E-state index is 12.2. The van der Waals surface area contributed by atoms with E-state index in [4.69, 9.17) is 4.74 Å². The lowest BCUT2D eigenvalue weighted by Gasteiger charge is -2.26. The number of aryl methyl sites for hydroxylation is 1. The van der Waals surface area contributed by atoms with E-state index in [9.17, 15) is 4.79 Å². The molecule has 0 bridgehead atoms. The van der Waals surface area contributed by atoms with E-state index < -0.39 is 0 Å². The number of carbonyl (C=O) groups is 1. The van der Waals surface area contributed by atoms with Gasteiger partial charge in [0.05, 0.1) is 13.2 Å². The molecule has 1 aliphatic rings. The van der Waals surface area contributed by atoms with Gasteiger partial charge < -0.3 is 15.4 Å². The molecule has 132 valence electrons. The predicted molar refractivity (Wildman–Crippen MR) is 96.9 cm³/mol. The number of amides is 1. The van der Waals surface area contributed by atoms with Crippen molar-refractivity contribution in [2.75, 3.05) is 50.0 Å². The molecular weight excluding hydrogens is 318 g/mol. The number of nitrogens with one attached hydrogen (secondary N) is 2. The first-order valence-electron chi connectivity index (χ1n) is 8.46. The Morgan fingerprint density at radius 1 is 1.16 bits per heavy atom. The van der Waals surface area contributed by atoms with Crippen molar-refractivity contribution in [3.05, 3.63) is 47.5 Å².